The van der Waals surface area contributed by atoms with Crippen LogP contribution in [0.3, 0.4) is 0 Å². The molecule has 4 rings (SSSR count). The van der Waals surface area contributed by atoms with E-state index in [1.165, 1.54) is 4.57 Å². The van der Waals surface area contributed by atoms with Crippen molar-refractivity contribution in [2.24, 2.45) is 5.92 Å². The van der Waals surface area contributed by atoms with E-state index in [1.807, 2.05) is 76.2 Å². The van der Waals surface area contributed by atoms with E-state index in [0.29, 0.717) is 24.5 Å². The number of likely N-dealkylation sites (tertiary alicyclic amines) is 1. The van der Waals surface area contributed by atoms with Crippen molar-refractivity contribution in [3.05, 3.63) is 64.6 Å². The fraction of sp³-hybridized carbons (Fsp3) is 0.500. The van der Waals surface area contributed by atoms with Crippen molar-refractivity contribution in [2.75, 3.05) is 31.5 Å². The number of aryl methyl sites for hydroxylation is 2. The van der Waals surface area contributed by atoms with Crippen LogP contribution in [0.5, 0.6) is 0 Å². The van der Waals surface area contributed by atoms with Crippen LogP contribution < -0.4 is 16.3 Å². The van der Waals surface area contributed by atoms with E-state index in [1.54, 1.807) is 4.57 Å². The molecule has 39 heavy (non-hydrogen) atoms. The summed E-state index contributed by atoms with van der Waals surface area (Å²) in [4.78, 5) is 40.4. The smallest absolute Gasteiger partial charge is 0.412 e. The van der Waals surface area contributed by atoms with Crippen LogP contribution in [-0.4, -0.2) is 57.9 Å². The summed E-state index contributed by atoms with van der Waals surface area (Å²) in [6, 6.07) is 14.9. The largest absolute Gasteiger partial charge is 0.444 e. The molecule has 9 heteroatoms. The Morgan fingerprint density at radius 2 is 1.67 bits per heavy atom. The lowest BCUT2D eigenvalue weighted by molar-refractivity contribution is 0.0635. The Balaban J connectivity index is 1.22. The number of ether oxygens (including phenoxy) is 1. The average Bonchev–Trinajstić information content (AvgIpc) is 3.18. The summed E-state index contributed by atoms with van der Waals surface area (Å²) in [7, 11) is 0. The van der Waals surface area contributed by atoms with Gasteiger partial charge in [-0.1, -0.05) is 30.3 Å². The summed E-state index contributed by atoms with van der Waals surface area (Å²) >= 11 is 0. The molecule has 0 atom stereocenters. The van der Waals surface area contributed by atoms with Gasteiger partial charge >= 0.3 is 17.8 Å². The maximum absolute atomic E-state index is 12.9. The number of rotatable bonds is 8. The third kappa shape index (κ3) is 7.29. The van der Waals surface area contributed by atoms with Crippen LogP contribution in [0.15, 0.2) is 53.3 Å². The third-order valence-corrected chi connectivity index (χ3v) is 7.18. The minimum absolute atomic E-state index is 0.297. The molecule has 2 aromatic carbocycles. The molecular formula is C30H41N5O4. The minimum atomic E-state index is -0.540. The molecule has 0 spiro atoms. The Bertz CT molecular complexity index is 1350. The number of fused-ring (bicyclic) bond motifs is 1. The molecule has 2 N–H and O–H groups in total. The Morgan fingerprint density at radius 3 is 2.36 bits per heavy atom. The lowest BCUT2D eigenvalue weighted by Crippen LogP contribution is -2.42. The van der Waals surface area contributed by atoms with Crippen LogP contribution in [0.4, 0.5) is 15.3 Å². The highest BCUT2D eigenvalue weighted by atomic mass is 16.6. The summed E-state index contributed by atoms with van der Waals surface area (Å²) in [6.45, 7) is 11.5. The van der Waals surface area contributed by atoms with Gasteiger partial charge in [0.05, 0.1) is 11.0 Å². The number of para-hydroxylation sites is 3. The fourth-order valence-electron chi connectivity index (χ4n) is 5.20. The van der Waals surface area contributed by atoms with Gasteiger partial charge in [-0.2, -0.15) is 0 Å². The third-order valence-electron chi connectivity index (χ3n) is 7.18. The van der Waals surface area contributed by atoms with Gasteiger partial charge in [0.15, 0.2) is 0 Å². The highest BCUT2D eigenvalue weighted by Gasteiger charge is 2.22. The van der Waals surface area contributed by atoms with E-state index in [2.05, 4.69) is 15.5 Å². The van der Waals surface area contributed by atoms with Crippen molar-refractivity contribution in [1.82, 2.24) is 19.4 Å². The van der Waals surface area contributed by atoms with Gasteiger partial charge in [0.2, 0.25) is 0 Å². The van der Waals surface area contributed by atoms with Crippen molar-refractivity contribution in [1.29, 1.82) is 0 Å². The Morgan fingerprint density at radius 1 is 1.00 bits per heavy atom. The van der Waals surface area contributed by atoms with Crippen molar-refractivity contribution in [2.45, 2.75) is 65.5 Å². The lowest BCUT2D eigenvalue weighted by atomic mass is 9.96. The highest BCUT2D eigenvalue weighted by molar-refractivity contribution is 5.89. The highest BCUT2D eigenvalue weighted by Crippen LogP contribution is 2.21. The second-order valence-corrected chi connectivity index (χ2v) is 11.2. The van der Waals surface area contributed by atoms with Gasteiger partial charge in [0, 0.05) is 18.8 Å². The van der Waals surface area contributed by atoms with Crippen LogP contribution >= 0.6 is 0 Å². The SMILES string of the molecule is CCn1c(=O)n(C(=O)NCC2CCN(CCCc3ccccc3NC(=O)OC(C)(C)C)CC2)c2ccccc21. The van der Waals surface area contributed by atoms with Gasteiger partial charge in [-0.05, 0) is 103 Å². The first kappa shape index (κ1) is 28.4. The minimum Gasteiger partial charge on any atom is -0.444 e. The predicted octanol–water partition coefficient (Wildman–Crippen LogP) is 5.07. The normalized spacial score (nSPS) is 14.9. The fourth-order valence-corrected chi connectivity index (χ4v) is 5.20. The number of hydrogen-bond donors (Lipinski definition) is 2. The van der Waals surface area contributed by atoms with E-state index < -0.39 is 11.7 Å². The Kier molecular flexibility index (Phi) is 9.12. The monoisotopic (exact) mass is 535 g/mol. The molecular weight excluding hydrogens is 494 g/mol. The predicted molar refractivity (Wildman–Crippen MR) is 154 cm³/mol. The number of anilines is 1. The molecule has 210 valence electrons. The summed E-state index contributed by atoms with van der Waals surface area (Å²) in [6.07, 6.45) is 3.41. The molecule has 0 unspecified atom stereocenters. The van der Waals surface area contributed by atoms with Crippen molar-refractivity contribution < 1.29 is 14.3 Å². The molecule has 2 heterocycles. The molecule has 9 nitrogen and oxygen atoms in total. The van der Waals surface area contributed by atoms with Gasteiger partial charge in [0.1, 0.15) is 5.60 Å². The van der Waals surface area contributed by atoms with Crippen molar-refractivity contribution >= 4 is 28.8 Å². The summed E-state index contributed by atoms with van der Waals surface area (Å²) < 4.78 is 8.27. The van der Waals surface area contributed by atoms with Crippen molar-refractivity contribution in [3.63, 3.8) is 0 Å². The zero-order chi connectivity index (χ0) is 28.0. The molecule has 1 aliphatic rings. The van der Waals surface area contributed by atoms with E-state index in [4.69, 9.17) is 4.74 Å². The first-order valence-corrected chi connectivity index (χ1v) is 13.9. The van der Waals surface area contributed by atoms with Gasteiger partial charge in [0.25, 0.3) is 0 Å². The number of imidazole rings is 1. The van der Waals surface area contributed by atoms with Gasteiger partial charge in [-0.15, -0.1) is 0 Å². The molecule has 0 aliphatic carbocycles. The van der Waals surface area contributed by atoms with Crippen molar-refractivity contribution in [3.8, 4) is 0 Å². The number of nitrogens with zero attached hydrogens (tertiary/aromatic N) is 3. The maximum Gasteiger partial charge on any atom is 0.412 e. The molecule has 0 bridgehead atoms. The Labute approximate surface area is 230 Å². The lowest BCUT2D eigenvalue weighted by Gasteiger charge is -2.32. The van der Waals surface area contributed by atoms with Crippen LogP contribution in [0.2, 0.25) is 0 Å². The molecule has 0 saturated carbocycles. The average molecular weight is 536 g/mol. The maximum atomic E-state index is 12.9. The zero-order valence-corrected chi connectivity index (χ0v) is 23.5. The van der Waals surface area contributed by atoms with Gasteiger partial charge in [-0.3, -0.25) is 9.88 Å². The number of benzene rings is 2. The molecule has 1 saturated heterocycles. The molecule has 3 aromatic rings. The summed E-state index contributed by atoms with van der Waals surface area (Å²) in [5, 5.41) is 5.88. The molecule has 0 radical (unpaired) electrons. The summed E-state index contributed by atoms with van der Waals surface area (Å²) in [5.74, 6) is 0.388. The van der Waals surface area contributed by atoms with Gasteiger partial charge < -0.3 is 15.0 Å². The quantitative estimate of drug-likeness (QED) is 0.420. The second-order valence-electron chi connectivity index (χ2n) is 11.2. The van der Waals surface area contributed by atoms with E-state index >= 15 is 0 Å². The van der Waals surface area contributed by atoms with E-state index in [9.17, 15) is 14.4 Å². The molecule has 1 aliphatic heterocycles. The number of nitrogens with one attached hydrogen (secondary N) is 2. The van der Waals surface area contributed by atoms with Gasteiger partial charge in [-0.25, -0.2) is 19.0 Å². The zero-order valence-electron chi connectivity index (χ0n) is 23.5. The molecule has 1 fully saturated rings. The van der Waals surface area contributed by atoms with E-state index in [-0.39, 0.29) is 11.7 Å². The number of hydrogen-bond acceptors (Lipinski definition) is 5. The topological polar surface area (TPSA) is 97.6 Å². The number of amides is 2. The Hall–Kier alpha value is -3.59. The first-order chi connectivity index (χ1) is 18.7. The molecule has 1 aromatic heterocycles. The standard InChI is InChI=1S/C30H41N5O4/c1-5-34-25-14-8-9-15-26(25)35(29(34)38)27(36)31-21-22-16-19-33(20-17-22)18-10-12-23-11-6-7-13-24(23)32-28(37)39-30(2,3)4/h6-9,11,13-15,22H,5,10,12,16-21H2,1-4H3,(H,31,36)(H,32,37). The van der Waals surface area contributed by atoms with Crippen LogP contribution in [-0.2, 0) is 17.7 Å². The first-order valence-electron chi connectivity index (χ1n) is 13.9. The number of piperidine rings is 1. The summed E-state index contributed by atoms with van der Waals surface area (Å²) in [5.41, 5.74) is 2.47. The molecule has 2 amide bonds. The van der Waals surface area contributed by atoms with E-state index in [0.717, 1.165) is 62.1 Å². The second kappa shape index (κ2) is 12.5. The van der Waals surface area contributed by atoms with Crippen LogP contribution in [0, 0.1) is 5.92 Å². The van der Waals surface area contributed by atoms with Crippen LogP contribution in [0.1, 0.15) is 52.5 Å². The number of carbonyl (C=O) groups is 2. The number of aromatic nitrogens is 2. The number of carbonyl (C=O) groups excluding carboxylic acids is 2. The van der Waals surface area contributed by atoms with Crippen LogP contribution in [0.25, 0.3) is 11.0 Å².